The van der Waals surface area contributed by atoms with Gasteiger partial charge in [0.25, 0.3) is 0 Å². The Hall–Kier alpha value is -2.40. The van der Waals surface area contributed by atoms with Crippen LogP contribution in [0.2, 0.25) is 0 Å². The van der Waals surface area contributed by atoms with Crippen LogP contribution in [0.4, 0.5) is 13.2 Å². The van der Waals surface area contributed by atoms with Crippen LogP contribution >= 0.6 is 0 Å². The topological polar surface area (TPSA) is 92.2 Å². The molecule has 29 heavy (non-hydrogen) atoms. The van der Waals surface area contributed by atoms with E-state index >= 15 is 0 Å². The van der Waals surface area contributed by atoms with Crippen LogP contribution in [0.25, 0.3) is 0 Å². The predicted octanol–water partition coefficient (Wildman–Crippen LogP) is 1.41. The summed E-state index contributed by atoms with van der Waals surface area (Å²) in [5.41, 5.74) is 0. The largest absolute Gasteiger partial charge is 0.490 e. The first-order valence-electron chi connectivity index (χ1n) is 9.03. The van der Waals surface area contributed by atoms with Crippen molar-refractivity contribution >= 4 is 11.9 Å². The molecule has 0 aliphatic carbocycles. The Balaban J connectivity index is 0.000000370. The number of likely N-dealkylation sites (tertiary alicyclic amines) is 1. The van der Waals surface area contributed by atoms with Crippen molar-refractivity contribution in [2.45, 2.75) is 37.3 Å². The monoisotopic (exact) mass is 419 g/mol. The molecule has 162 valence electrons. The van der Waals surface area contributed by atoms with E-state index in [1.165, 1.54) is 0 Å². The summed E-state index contributed by atoms with van der Waals surface area (Å²) in [5, 5.41) is 7.12. The number of carbonyl (C=O) groups excluding carboxylic acids is 1. The molecule has 0 radical (unpaired) electrons. The number of alkyl halides is 3. The molecule has 1 amide bonds. The summed E-state index contributed by atoms with van der Waals surface area (Å²) in [6, 6.07) is 5.71. The fraction of sp³-hybridized carbons (Fsp3) is 0.611. The fourth-order valence-electron chi connectivity index (χ4n) is 3.23. The molecule has 2 saturated heterocycles. The van der Waals surface area contributed by atoms with Gasteiger partial charge in [0.05, 0.1) is 19.1 Å². The minimum atomic E-state index is -5.08. The van der Waals surface area contributed by atoms with E-state index in [1.54, 1.807) is 6.20 Å². The number of carboxylic acids is 1. The van der Waals surface area contributed by atoms with Crippen molar-refractivity contribution < 1.29 is 37.3 Å². The second-order valence-electron chi connectivity index (χ2n) is 6.96. The number of fused-ring (bicyclic) bond motifs is 1. The molecular formula is C18H24F3N3O5. The van der Waals surface area contributed by atoms with Crippen molar-refractivity contribution in [1.29, 1.82) is 0 Å². The number of aromatic nitrogens is 1. The summed E-state index contributed by atoms with van der Waals surface area (Å²) in [6.45, 7) is 1.72. The van der Waals surface area contributed by atoms with Gasteiger partial charge in [-0.15, -0.1) is 0 Å². The maximum atomic E-state index is 12.5. The van der Waals surface area contributed by atoms with E-state index in [2.05, 4.69) is 4.98 Å². The summed E-state index contributed by atoms with van der Waals surface area (Å²) in [5.74, 6) is -2.03. The van der Waals surface area contributed by atoms with Crippen LogP contribution in [0.3, 0.4) is 0 Å². The molecule has 8 nitrogen and oxygen atoms in total. The molecule has 2 aliphatic heterocycles. The number of pyridine rings is 1. The van der Waals surface area contributed by atoms with Crippen LogP contribution in [0.5, 0.6) is 5.88 Å². The maximum absolute atomic E-state index is 12.5. The van der Waals surface area contributed by atoms with Crippen molar-refractivity contribution in [3.63, 3.8) is 0 Å². The van der Waals surface area contributed by atoms with Gasteiger partial charge >= 0.3 is 12.1 Å². The number of halogens is 3. The normalized spacial score (nSPS) is 23.8. The third-order valence-electron chi connectivity index (χ3n) is 4.40. The zero-order valence-corrected chi connectivity index (χ0v) is 16.1. The van der Waals surface area contributed by atoms with Crippen molar-refractivity contribution in [2.75, 3.05) is 33.8 Å². The van der Waals surface area contributed by atoms with E-state index in [0.717, 1.165) is 19.4 Å². The minimum Gasteiger partial charge on any atom is -0.475 e. The van der Waals surface area contributed by atoms with Gasteiger partial charge in [0, 0.05) is 18.9 Å². The van der Waals surface area contributed by atoms with E-state index in [9.17, 15) is 18.0 Å². The zero-order valence-electron chi connectivity index (χ0n) is 16.1. The molecular weight excluding hydrogens is 395 g/mol. The quantitative estimate of drug-likeness (QED) is 0.789. The molecule has 0 saturated carbocycles. The number of ether oxygens (including phenoxy) is 2. The molecule has 1 aromatic rings. The fourth-order valence-corrected chi connectivity index (χ4v) is 3.23. The number of hydrogen-bond donors (Lipinski definition) is 1. The Morgan fingerprint density at radius 1 is 1.38 bits per heavy atom. The first-order chi connectivity index (χ1) is 13.6. The van der Waals surface area contributed by atoms with Gasteiger partial charge < -0.3 is 24.4 Å². The van der Waals surface area contributed by atoms with Crippen LogP contribution < -0.4 is 4.74 Å². The van der Waals surface area contributed by atoms with E-state index in [1.807, 2.05) is 42.1 Å². The highest BCUT2D eigenvalue weighted by atomic mass is 19.4. The van der Waals surface area contributed by atoms with Crippen molar-refractivity contribution in [2.24, 2.45) is 0 Å². The SMILES string of the molecule is CN(C)CC(=O)N1C[C@H](Oc2ccccn2)[C@H]2OCCC[C@H]21.O=C(O)C(F)(F)F. The van der Waals surface area contributed by atoms with Crippen LogP contribution in [-0.2, 0) is 14.3 Å². The van der Waals surface area contributed by atoms with Crippen LogP contribution in [0.1, 0.15) is 12.8 Å². The van der Waals surface area contributed by atoms with E-state index in [4.69, 9.17) is 19.4 Å². The van der Waals surface area contributed by atoms with Gasteiger partial charge in [-0.05, 0) is 33.0 Å². The number of carbonyl (C=O) groups is 2. The first kappa shape index (κ1) is 22.9. The number of aliphatic carboxylic acids is 1. The lowest BCUT2D eigenvalue weighted by Gasteiger charge is -2.32. The van der Waals surface area contributed by atoms with Gasteiger partial charge in [0.2, 0.25) is 11.8 Å². The van der Waals surface area contributed by atoms with Crippen LogP contribution in [0.15, 0.2) is 24.4 Å². The Labute approximate surface area is 166 Å². The van der Waals surface area contributed by atoms with Gasteiger partial charge in [0.1, 0.15) is 12.2 Å². The Morgan fingerprint density at radius 3 is 2.62 bits per heavy atom. The molecule has 3 atom stereocenters. The Bertz CT molecular complexity index is 687. The summed E-state index contributed by atoms with van der Waals surface area (Å²) >= 11 is 0. The summed E-state index contributed by atoms with van der Waals surface area (Å²) in [6.07, 6.45) is -1.61. The molecule has 3 heterocycles. The Morgan fingerprint density at radius 2 is 2.07 bits per heavy atom. The number of rotatable bonds is 4. The Kier molecular flexibility index (Phi) is 7.80. The average molecular weight is 419 g/mol. The minimum absolute atomic E-state index is 0.0538. The van der Waals surface area contributed by atoms with E-state index in [-0.39, 0.29) is 24.2 Å². The molecule has 2 aliphatic rings. The molecule has 3 rings (SSSR count). The lowest BCUT2D eigenvalue weighted by Crippen LogP contribution is -2.46. The summed E-state index contributed by atoms with van der Waals surface area (Å²) in [7, 11) is 3.81. The third kappa shape index (κ3) is 6.57. The molecule has 1 aromatic heterocycles. The first-order valence-corrected chi connectivity index (χ1v) is 9.03. The molecule has 0 spiro atoms. The van der Waals surface area contributed by atoms with Crippen molar-refractivity contribution in [3.05, 3.63) is 24.4 Å². The molecule has 1 N–H and O–H groups in total. The summed E-state index contributed by atoms with van der Waals surface area (Å²) < 4.78 is 43.6. The molecule has 11 heteroatoms. The number of likely N-dealkylation sites (N-methyl/N-ethyl adjacent to an activating group) is 1. The highest BCUT2D eigenvalue weighted by Gasteiger charge is 2.47. The smallest absolute Gasteiger partial charge is 0.475 e. The van der Waals surface area contributed by atoms with E-state index in [0.29, 0.717) is 19.0 Å². The average Bonchev–Trinajstić information content (AvgIpc) is 3.01. The summed E-state index contributed by atoms with van der Waals surface area (Å²) in [4.78, 5) is 29.4. The third-order valence-corrected chi connectivity index (χ3v) is 4.40. The number of carboxylic acid groups (broad SMARTS) is 1. The lowest BCUT2D eigenvalue weighted by molar-refractivity contribution is -0.192. The van der Waals surface area contributed by atoms with Crippen LogP contribution in [-0.4, -0.2) is 90.0 Å². The number of hydrogen-bond acceptors (Lipinski definition) is 6. The number of amides is 1. The highest BCUT2D eigenvalue weighted by Crippen LogP contribution is 2.31. The van der Waals surface area contributed by atoms with Crippen LogP contribution in [0, 0.1) is 0 Å². The van der Waals surface area contributed by atoms with Gasteiger partial charge in [-0.1, -0.05) is 6.07 Å². The second-order valence-corrected chi connectivity index (χ2v) is 6.96. The molecule has 0 bridgehead atoms. The predicted molar refractivity (Wildman–Crippen MR) is 95.4 cm³/mol. The van der Waals surface area contributed by atoms with Gasteiger partial charge in [-0.25, -0.2) is 9.78 Å². The lowest BCUT2D eigenvalue weighted by atomic mass is 10.0. The zero-order chi connectivity index (χ0) is 21.6. The van der Waals surface area contributed by atoms with Crippen molar-refractivity contribution in [1.82, 2.24) is 14.8 Å². The highest BCUT2D eigenvalue weighted by molar-refractivity contribution is 5.79. The number of nitrogens with zero attached hydrogens (tertiary/aromatic N) is 3. The standard InChI is InChI=1S/C16H23N3O3.C2HF3O2/c1-18(2)11-15(20)19-10-13(16-12(19)6-5-9-21-16)22-14-7-3-4-8-17-14;3-2(4,5)1(6)7/h3-4,7-8,12-13,16H,5-6,9-11H2,1-2H3;(H,6,7)/t12-,13+,16+;/m1./s1. The maximum Gasteiger partial charge on any atom is 0.490 e. The van der Waals surface area contributed by atoms with Crippen molar-refractivity contribution in [3.8, 4) is 5.88 Å². The van der Waals surface area contributed by atoms with Gasteiger partial charge in [-0.3, -0.25) is 4.79 Å². The van der Waals surface area contributed by atoms with Gasteiger partial charge in [-0.2, -0.15) is 13.2 Å². The molecule has 2 fully saturated rings. The van der Waals surface area contributed by atoms with E-state index < -0.39 is 12.1 Å². The molecule has 0 unspecified atom stereocenters. The second kappa shape index (κ2) is 9.88. The van der Waals surface area contributed by atoms with Gasteiger partial charge in [0.15, 0.2) is 0 Å². The molecule has 0 aromatic carbocycles.